The second kappa shape index (κ2) is 18.4. The summed E-state index contributed by atoms with van der Waals surface area (Å²) in [6.07, 6.45) is 7.22. The molecule has 0 aliphatic carbocycles. The Morgan fingerprint density at radius 3 is 1.81 bits per heavy atom. The molecule has 0 rings (SSSR count). The van der Waals surface area contributed by atoms with E-state index >= 15 is 0 Å². The summed E-state index contributed by atoms with van der Waals surface area (Å²) in [6, 6.07) is 0. The normalized spacial score (nSPS) is 16.2. The molecule has 0 aliphatic rings. The van der Waals surface area contributed by atoms with Crippen molar-refractivity contribution in [3.05, 3.63) is 23.3 Å². The fraction of sp³-hybridized carbons (Fsp3) is 0.719. The summed E-state index contributed by atoms with van der Waals surface area (Å²) in [6.45, 7) is 19.7. The SMILES string of the molecule is CCC(C)CC(C)CC(C)CC(C)/C=C(C)/C=C(/CC(C)C(=O)OOC(=O)CC(C(=O)O)C(=O)O)C(=O)OC(C)(C)C. The van der Waals surface area contributed by atoms with Crippen LogP contribution in [0, 0.1) is 35.5 Å². The first-order valence-corrected chi connectivity index (χ1v) is 14.7. The molecule has 10 heteroatoms. The summed E-state index contributed by atoms with van der Waals surface area (Å²) in [5.41, 5.74) is 0.296. The molecule has 0 fully saturated rings. The minimum atomic E-state index is -2.04. The summed E-state index contributed by atoms with van der Waals surface area (Å²) in [5.74, 6) is -7.18. The molecule has 0 aromatic rings. The third-order valence-corrected chi connectivity index (χ3v) is 6.80. The van der Waals surface area contributed by atoms with Crippen LogP contribution in [0.3, 0.4) is 0 Å². The second-order valence-electron chi connectivity index (χ2n) is 12.9. The molecule has 0 aromatic carbocycles. The van der Waals surface area contributed by atoms with Gasteiger partial charge >= 0.3 is 29.8 Å². The van der Waals surface area contributed by atoms with Crippen molar-refractivity contribution in [1.29, 1.82) is 0 Å². The van der Waals surface area contributed by atoms with Gasteiger partial charge in [0.1, 0.15) is 5.60 Å². The Hall–Kier alpha value is -3.17. The minimum Gasteiger partial charge on any atom is -0.481 e. The van der Waals surface area contributed by atoms with Crippen LogP contribution < -0.4 is 0 Å². The number of rotatable bonds is 17. The topological polar surface area (TPSA) is 154 Å². The Labute approximate surface area is 250 Å². The zero-order valence-corrected chi connectivity index (χ0v) is 27.0. The number of carboxylic acids is 2. The number of allylic oxidation sites excluding steroid dienone is 3. The molecule has 10 nitrogen and oxygen atoms in total. The fourth-order valence-corrected chi connectivity index (χ4v) is 4.82. The van der Waals surface area contributed by atoms with Crippen molar-refractivity contribution in [1.82, 2.24) is 0 Å². The predicted octanol–water partition coefficient (Wildman–Crippen LogP) is 6.53. The Kier molecular flexibility index (Phi) is 17.0. The molecule has 240 valence electrons. The first-order chi connectivity index (χ1) is 19.2. The van der Waals surface area contributed by atoms with Crippen LogP contribution in [0.1, 0.15) is 108 Å². The third kappa shape index (κ3) is 16.9. The summed E-state index contributed by atoms with van der Waals surface area (Å²) < 4.78 is 5.54. The van der Waals surface area contributed by atoms with Crippen molar-refractivity contribution in [2.24, 2.45) is 35.5 Å². The summed E-state index contributed by atoms with van der Waals surface area (Å²) in [5, 5.41) is 17.8. The van der Waals surface area contributed by atoms with E-state index in [4.69, 9.17) is 14.9 Å². The van der Waals surface area contributed by atoms with E-state index in [1.807, 2.05) is 6.92 Å². The number of hydrogen-bond donors (Lipinski definition) is 2. The van der Waals surface area contributed by atoms with Gasteiger partial charge in [-0.3, -0.25) is 9.59 Å². The van der Waals surface area contributed by atoms with Crippen LogP contribution in [-0.4, -0.2) is 45.7 Å². The van der Waals surface area contributed by atoms with Gasteiger partial charge in [-0.25, -0.2) is 24.2 Å². The molecular weight excluding hydrogens is 544 g/mol. The van der Waals surface area contributed by atoms with Crippen molar-refractivity contribution in [2.45, 2.75) is 113 Å². The quantitative estimate of drug-likeness (QED) is 0.0473. The largest absolute Gasteiger partial charge is 0.481 e. The minimum absolute atomic E-state index is 0.0821. The van der Waals surface area contributed by atoms with Crippen LogP contribution in [0.25, 0.3) is 0 Å². The molecule has 5 unspecified atom stereocenters. The van der Waals surface area contributed by atoms with E-state index in [9.17, 15) is 24.0 Å². The third-order valence-electron chi connectivity index (χ3n) is 6.80. The maximum Gasteiger partial charge on any atom is 0.358 e. The van der Waals surface area contributed by atoms with Crippen LogP contribution in [0.15, 0.2) is 23.3 Å². The van der Waals surface area contributed by atoms with E-state index in [-0.39, 0.29) is 17.9 Å². The Morgan fingerprint density at radius 1 is 0.786 bits per heavy atom. The van der Waals surface area contributed by atoms with Gasteiger partial charge in [-0.1, -0.05) is 59.6 Å². The Balaban J connectivity index is 5.49. The first kappa shape index (κ1) is 38.8. The van der Waals surface area contributed by atoms with Gasteiger partial charge < -0.3 is 14.9 Å². The van der Waals surface area contributed by atoms with Gasteiger partial charge in [0.2, 0.25) is 0 Å². The van der Waals surface area contributed by atoms with Crippen molar-refractivity contribution < 1.29 is 48.7 Å². The van der Waals surface area contributed by atoms with Crippen molar-refractivity contribution >= 4 is 29.8 Å². The molecule has 2 N–H and O–H groups in total. The monoisotopic (exact) mass is 596 g/mol. The number of carbonyl (C=O) groups excluding carboxylic acids is 3. The number of aliphatic carboxylic acids is 2. The molecule has 0 saturated heterocycles. The average molecular weight is 597 g/mol. The Morgan fingerprint density at radius 2 is 1.31 bits per heavy atom. The second-order valence-corrected chi connectivity index (χ2v) is 12.9. The van der Waals surface area contributed by atoms with Crippen molar-refractivity contribution in [3.8, 4) is 0 Å². The van der Waals surface area contributed by atoms with Crippen LogP contribution in [-0.2, 0) is 38.5 Å². The van der Waals surface area contributed by atoms with Crippen LogP contribution in [0.5, 0.6) is 0 Å². The highest BCUT2D eigenvalue weighted by atomic mass is 17.2. The standard InChI is InChI=1S/C32H52O10/c1-11-19(2)12-20(3)13-21(4)14-22(5)15-23(6)16-25(31(39)40-32(8,9)10)17-24(7)30(38)42-41-27(33)18-26(28(34)35)29(36)37/h15-16,19-22,24,26H,11-14,17-18H2,1-10H3,(H,34,35)(H,36,37)/b23-15+,25-16-. The molecule has 0 aliphatic heterocycles. The maximum absolute atomic E-state index is 13.0. The van der Waals surface area contributed by atoms with E-state index in [1.54, 1.807) is 26.8 Å². The van der Waals surface area contributed by atoms with E-state index in [0.717, 1.165) is 24.3 Å². The summed E-state index contributed by atoms with van der Waals surface area (Å²) >= 11 is 0. The number of carboxylic acid groups (broad SMARTS) is 2. The lowest BCUT2D eigenvalue weighted by molar-refractivity contribution is -0.262. The van der Waals surface area contributed by atoms with E-state index in [1.165, 1.54) is 19.8 Å². The van der Waals surface area contributed by atoms with Gasteiger partial charge in [0.25, 0.3) is 0 Å². The van der Waals surface area contributed by atoms with Crippen LogP contribution in [0.4, 0.5) is 0 Å². The molecule has 0 heterocycles. The van der Waals surface area contributed by atoms with Crippen molar-refractivity contribution in [2.75, 3.05) is 0 Å². The van der Waals surface area contributed by atoms with Crippen LogP contribution >= 0.6 is 0 Å². The first-order valence-electron chi connectivity index (χ1n) is 14.7. The van der Waals surface area contributed by atoms with Gasteiger partial charge in [0.15, 0.2) is 5.92 Å². The Bertz CT molecular complexity index is 974. The van der Waals surface area contributed by atoms with Gasteiger partial charge in [-0.15, -0.1) is 0 Å². The molecule has 0 amide bonds. The van der Waals surface area contributed by atoms with Gasteiger partial charge in [0, 0.05) is 5.57 Å². The average Bonchev–Trinajstić information content (AvgIpc) is 2.83. The van der Waals surface area contributed by atoms with E-state index in [0.29, 0.717) is 11.8 Å². The zero-order chi connectivity index (χ0) is 32.8. The summed E-state index contributed by atoms with van der Waals surface area (Å²) in [4.78, 5) is 68.0. The summed E-state index contributed by atoms with van der Waals surface area (Å²) in [7, 11) is 0. The molecule has 5 atom stereocenters. The lowest BCUT2D eigenvalue weighted by Crippen LogP contribution is -2.28. The molecular formula is C32H52O10. The molecule has 0 spiro atoms. The number of esters is 1. The molecule has 42 heavy (non-hydrogen) atoms. The molecule has 0 bridgehead atoms. The zero-order valence-electron chi connectivity index (χ0n) is 27.0. The maximum atomic E-state index is 13.0. The molecule has 0 aromatic heterocycles. The lowest BCUT2D eigenvalue weighted by atomic mass is 9.84. The molecule has 0 radical (unpaired) electrons. The predicted molar refractivity (Wildman–Crippen MR) is 158 cm³/mol. The number of carbonyl (C=O) groups is 5. The highest BCUT2D eigenvalue weighted by molar-refractivity contribution is 5.96. The lowest BCUT2D eigenvalue weighted by Gasteiger charge is -2.22. The van der Waals surface area contributed by atoms with E-state index < -0.39 is 53.7 Å². The van der Waals surface area contributed by atoms with Gasteiger partial charge in [-0.05, 0) is 83.1 Å². The smallest absolute Gasteiger partial charge is 0.358 e. The highest BCUT2D eigenvalue weighted by Crippen LogP contribution is 2.27. The van der Waals surface area contributed by atoms with E-state index in [2.05, 4.69) is 50.5 Å². The number of ether oxygens (including phenoxy) is 1. The van der Waals surface area contributed by atoms with Gasteiger partial charge in [-0.2, -0.15) is 0 Å². The fourth-order valence-electron chi connectivity index (χ4n) is 4.82. The van der Waals surface area contributed by atoms with Gasteiger partial charge in [0.05, 0.1) is 12.3 Å². The van der Waals surface area contributed by atoms with Crippen molar-refractivity contribution in [3.63, 3.8) is 0 Å². The number of hydrogen-bond acceptors (Lipinski definition) is 8. The van der Waals surface area contributed by atoms with Crippen LogP contribution in [0.2, 0.25) is 0 Å². The molecule has 0 saturated carbocycles. The highest BCUT2D eigenvalue weighted by Gasteiger charge is 2.31.